The van der Waals surface area contributed by atoms with Crippen molar-refractivity contribution in [3.63, 3.8) is 0 Å². The lowest BCUT2D eigenvalue weighted by atomic mass is 9.95. The van der Waals surface area contributed by atoms with Gasteiger partial charge in [-0.2, -0.15) is 0 Å². The molecule has 0 aromatic heterocycles. The first-order valence-electron chi connectivity index (χ1n) is 4.64. The van der Waals surface area contributed by atoms with E-state index >= 15 is 0 Å². The minimum absolute atomic E-state index is 0.0709. The summed E-state index contributed by atoms with van der Waals surface area (Å²) in [6.45, 7) is 6.19. The van der Waals surface area contributed by atoms with Crippen LogP contribution in [0.5, 0.6) is 0 Å². The number of carbonyl (C=O) groups is 1. The van der Waals surface area contributed by atoms with Crippen LogP contribution in [0.1, 0.15) is 20.8 Å². The highest BCUT2D eigenvalue weighted by molar-refractivity contribution is 5.79. The molecule has 4 heteroatoms. The van der Waals surface area contributed by atoms with Crippen LogP contribution >= 0.6 is 0 Å². The maximum absolute atomic E-state index is 11.4. The smallest absolute Gasteiger partial charge is 0.224 e. The molecule has 0 aromatic carbocycles. The van der Waals surface area contributed by atoms with Crippen molar-refractivity contribution in [1.29, 1.82) is 0 Å². The molecule has 0 aromatic rings. The number of amides is 1. The summed E-state index contributed by atoms with van der Waals surface area (Å²) in [7, 11) is 0. The van der Waals surface area contributed by atoms with E-state index in [0.29, 0.717) is 13.1 Å². The standard InChI is InChI=1S/C9H20N2O2/c1-6(2)8(4-10)9(13)11-5-7(3)12/h6-8,12H,4-5,10H2,1-3H3,(H,11,13). The first-order chi connectivity index (χ1) is 5.99. The molecule has 0 aliphatic carbocycles. The quantitative estimate of drug-likeness (QED) is 0.555. The fourth-order valence-corrected chi connectivity index (χ4v) is 1.06. The summed E-state index contributed by atoms with van der Waals surface area (Å²) >= 11 is 0. The van der Waals surface area contributed by atoms with Gasteiger partial charge in [0.05, 0.1) is 12.0 Å². The van der Waals surface area contributed by atoms with E-state index in [4.69, 9.17) is 10.8 Å². The number of aliphatic hydroxyl groups excluding tert-OH is 1. The highest BCUT2D eigenvalue weighted by Crippen LogP contribution is 2.08. The third-order valence-corrected chi connectivity index (χ3v) is 1.97. The predicted molar refractivity (Wildman–Crippen MR) is 52.1 cm³/mol. The van der Waals surface area contributed by atoms with Crippen LogP contribution in [0.4, 0.5) is 0 Å². The number of aliphatic hydroxyl groups is 1. The molecule has 0 heterocycles. The first kappa shape index (κ1) is 12.4. The average Bonchev–Trinajstić information content (AvgIpc) is 2.01. The van der Waals surface area contributed by atoms with Gasteiger partial charge in [-0.25, -0.2) is 0 Å². The Bertz CT molecular complexity index is 158. The lowest BCUT2D eigenvalue weighted by molar-refractivity contribution is -0.126. The van der Waals surface area contributed by atoms with Crippen LogP contribution in [0.15, 0.2) is 0 Å². The van der Waals surface area contributed by atoms with Crippen molar-refractivity contribution >= 4 is 5.91 Å². The number of carbonyl (C=O) groups excluding carboxylic acids is 1. The Balaban J connectivity index is 3.92. The summed E-state index contributed by atoms with van der Waals surface area (Å²) in [6, 6.07) is 0. The van der Waals surface area contributed by atoms with Crippen LogP contribution in [-0.4, -0.2) is 30.2 Å². The summed E-state index contributed by atoms with van der Waals surface area (Å²) < 4.78 is 0. The van der Waals surface area contributed by atoms with E-state index in [1.807, 2.05) is 13.8 Å². The number of nitrogens with two attached hydrogens (primary N) is 1. The highest BCUT2D eigenvalue weighted by atomic mass is 16.3. The van der Waals surface area contributed by atoms with E-state index in [-0.39, 0.29) is 17.7 Å². The van der Waals surface area contributed by atoms with Gasteiger partial charge in [0.2, 0.25) is 5.91 Å². The average molecular weight is 188 g/mol. The van der Waals surface area contributed by atoms with Crippen molar-refractivity contribution in [2.75, 3.05) is 13.1 Å². The van der Waals surface area contributed by atoms with Crippen molar-refractivity contribution in [3.8, 4) is 0 Å². The Labute approximate surface area is 79.5 Å². The number of hydrogen-bond acceptors (Lipinski definition) is 3. The van der Waals surface area contributed by atoms with Crippen LogP contribution < -0.4 is 11.1 Å². The zero-order valence-electron chi connectivity index (χ0n) is 8.58. The normalized spacial score (nSPS) is 15.5. The Morgan fingerprint density at radius 1 is 1.46 bits per heavy atom. The summed E-state index contributed by atoms with van der Waals surface area (Å²) in [4.78, 5) is 11.4. The van der Waals surface area contributed by atoms with E-state index in [1.165, 1.54) is 0 Å². The summed E-state index contributed by atoms with van der Waals surface area (Å²) in [5.41, 5.74) is 5.46. The maximum Gasteiger partial charge on any atom is 0.224 e. The summed E-state index contributed by atoms with van der Waals surface area (Å²) in [6.07, 6.45) is -0.505. The topological polar surface area (TPSA) is 75.3 Å². The van der Waals surface area contributed by atoms with Gasteiger partial charge >= 0.3 is 0 Å². The van der Waals surface area contributed by atoms with Gasteiger partial charge in [0.25, 0.3) is 0 Å². The second-order valence-corrected chi connectivity index (χ2v) is 3.68. The molecule has 0 spiro atoms. The highest BCUT2D eigenvalue weighted by Gasteiger charge is 2.19. The van der Waals surface area contributed by atoms with E-state index in [0.717, 1.165) is 0 Å². The number of hydrogen-bond donors (Lipinski definition) is 3. The molecule has 1 amide bonds. The number of nitrogens with one attached hydrogen (secondary N) is 1. The molecular weight excluding hydrogens is 168 g/mol. The van der Waals surface area contributed by atoms with Crippen molar-refractivity contribution in [2.45, 2.75) is 26.9 Å². The van der Waals surface area contributed by atoms with E-state index in [2.05, 4.69) is 5.32 Å². The van der Waals surface area contributed by atoms with Crippen LogP contribution in [0.25, 0.3) is 0 Å². The minimum Gasteiger partial charge on any atom is -0.392 e. The lowest BCUT2D eigenvalue weighted by Gasteiger charge is -2.18. The largest absolute Gasteiger partial charge is 0.392 e. The first-order valence-corrected chi connectivity index (χ1v) is 4.64. The molecule has 0 fully saturated rings. The molecule has 2 atom stereocenters. The van der Waals surface area contributed by atoms with Crippen LogP contribution in [0.2, 0.25) is 0 Å². The molecule has 0 saturated carbocycles. The fourth-order valence-electron chi connectivity index (χ4n) is 1.06. The van der Waals surface area contributed by atoms with Crippen molar-refractivity contribution in [1.82, 2.24) is 5.32 Å². The number of rotatable bonds is 5. The van der Waals surface area contributed by atoms with E-state index in [9.17, 15) is 4.79 Å². The van der Waals surface area contributed by atoms with Gasteiger partial charge in [0.1, 0.15) is 0 Å². The third-order valence-electron chi connectivity index (χ3n) is 1.97. The van der Waals surface area contributed by atoms with Crippen LogP contribution in [-0.2, 0) is 4.79 Å². The van der Waals surface area contributed by atoms with E-state index < -0.39 is 6.10 Å². The summed E-state index contributed by atoms with van der Waals surface area (Å²) in [5.74, 6) is 0.0103. The van der Waals surface area contributed by atoms with Crippen molar-refractivity contribution in [2.24, 2.45) is 17.6 Å². The maximum atomic E-state index is 11.4. The Kier molecular flexibility index (Phi) is 5.66. The van der Waals surface area contributed by atoms with Crippen LogP contribution in [0.3, 0.4) is 0 Å². The molecule has 0 bridgehead atoms. The van der Waals surface area contributed by atoms with E-state index in [1.54, 1.807) is 6.92 Å². The molecule has 13 heavy (non-hydrogen) atoms. The monoisotopic (exact) mass is 188 g/mol. The lowest BCUT2D eigenvalue weighted by Crippen LogP contribution is -2.40. The van der Waals surface area contributed by atoms with Crippen LogP contribution in [0, 0.1) is 11.8 Å². The molecule has 4 N–H and O–H groups in total. The Hall–Kier alpha value is -0.610. The van der Waals surface area contributed by atoms with Gasteiger partial charge in [-0.15, -0.1) is 0 Å². The zero-order chi connectivity index (χ0) is 10.4. The molecule has 0 aliphatic rings. The van der Waals surface area contributed by atoms with Crippen molar-refractivity contribution < 1.29 is 9.90 Å². The second-order valence-electron chi connectivity index (χ2n) is 3.68. The molecule has 0 aliphatic heterocycles. The zero-order valence-corrected chi connectivity index (χ0v) is 8.58. The van der Waals surface area contributed by atoms with Gasteiger partial charge in [0, 0.05) is 13.1 Å². The molecule has 0 radical (unpaired) electrons. The molecular formula is C9H20N2O2. The van der Waals surface area contributed by atoms with Crippen molar-refractivity contribution in [3.05, 3.63) is 0 Å². The van der Waals surface area contributed by atoms with Gasteiger partial charge in [0.15, 0.2) is 0 Å². The molecule has 0 saturated heterocycles. The molecule has 4 nitrogen and oxygen atoms in total. The molecule has 2 unspecified atom stereocenters. The fraction of sp³-hybridized carbons (Fsp3) is 0.889. The van der Waals surface area contributed by atoms with Gasteiger partial charge in [-0.1, -0.05) is 13.8 Å². The van der Waals surface area contributed by atoms with Gasteiger partial charge < -0.3 is 16.2 Å². The Morgan fingerprint density at radius 2 is 2.00 bits per heavy atom. The predicted octanol–water partition coefficient (Wildman–Crippen LogP) is -0.286. The SMILES string of the molecule is CC(O)CNC(=O)C(CN)C(C)C. The molecule has 0 rings (SSSR count). The third kappa shape index (κ3) is 4.85. The minimum atomic E-state index is -0.505. The Morgan fingerprint density at radius 3 is 2.31 bits per heavy atom. The second kappa shape index (κ2) is 5.94. The molecule has 78 valence electrons. The van der Waals surface area contributed by atoms with Gasteiger partial charge in [-0.3, -0.25) is 4.79 Å². The summed E-state index contributed by atoms with van der Waals surface area (Å²) in [5, 5.41) is 11.6. The van der Waals surface area contributed by atoms with Gasteiger partial charge in [-0.05, 0) is 12.8 Å².